The van der Waals surface area contributed by atoms with Crippen molar-refractivity contribution in [2.75, 3.05) is 4.72 Å². The zero-order valence-corrected chi connectivity index (χ0v) is 13.1. The molecule has 24 heavy (non-hydrogen) atoms. The molecule has 0 aliphatic rings. The zero-order chi connectivity index (χ0) is 17.3. The summed E-state index contributed by atoms with van der Waals surface area (Å²) < 4.78 is 54.6. The molecule has 0 fully saturated rings. The van der Waals surface area contributed by atoms with Crippen LogP contribution in [0.1, 0.15) is 5.56 Å². The summed E-state index contributed by atoms with van der Waals surface area (Å²) in [5, 5.41) is 10.8. The van der Waals surface area contributed by atoms with Gasteiger partial charge in [-0.1, -0.05) is 0 Å². The molecule has 1 N–H and O–H groups in total. The van der Waals surface area contributed by atoms with Crippen molar-refractivity contribution in [3.05, 3.63) is 59.9 Å². The Bertz CT molecular complexity index is 970. The molecule has 3 aromatic rings. The molecule has 10 heteroatoms. The Morgan fingerprint density at radius 2 is 1.79 bits per heavy atom. The first-order valence-electron chi connectivity index (χ1n) is 6.68. The van der Waals surface area contributed by atoms with Crippen molar-refractivity contribution in [2.45, 2.75) is 11.8 Å². The van der Waals surface area contributed by atoms with Crippen molar-refractivity contribution >= 4 is 15.7 Å². The molecular formula is C14H11F2N5O2S. The lowest BCUT2D eigenvalue weighted by molar-refractivity contribution is 0.568. The molecule has 2 aromatic carbocycles. The average molecular weight is 351 g/mol. The third-order valence-corrected chi connectivity index (χ3v) is 4.55. The molecule has 7 nitrogen and oxygen atoms in total. The average Bonchev–Trinajstić information content (AvgIpc) is 3.00. The van der Waals surface area contributed by atoms with Gasteiger partial charge in [-0.15, -0.1) is 5.10 Å². The number of aryl methyl sites for hydroxylation is 1. The van der Waals surface area contributed by atoms with Crippen LogP contribution in [0.5, 0.6) is 0 Å². The maximum Gasteiger partial charge on any atom is 0.262 e. The Morgan fingerprint density at radius 1 is 1.08 bits per heavy atom. The van der Waals surface area contributed by atoms with Crippen molar-refractivity contribution in [2.24, 2.45) is 0 Å². The van der Waals surface area contributed by atoms with Gasteiger partial charge in [0.2, 0.25) is 0 Å². The molecule has 0 saturated carbocycles. The number of halogens is 2. The van der Waals surface area contributed by atoms with E-state index < -0.39 is 26.6 Å². The molecule has 3 rings (SSSR count). The molecule has 0 saturated heterocycles. The Morgan fingerprint density at radius 3 is 2.38 bits per heavy atom. The predicted molar refractivity (Wildman–Crippen MR) is 81.1 cm³/mol. The number of hydrogen-bond donors (Lipinski definition) is 1. The van der Waals surface area contributed by atoms with Crippen LogP contribution < -0.4 is 4.72 Å². The molecule has 0 bridgehead atoms. The Balaban J connectivity index is 1.92. The van der Waals surface area contributed by atoms with Crippen LogP contribution in [0.15, 0.2) is 47.6 Å². The monoisotopic (exact) mass is 351 g/mol. The molecule has 0 atom stereocenters. The van der Waals surface area contributed by atoms with Crippen molar-refractivity contribution in [1.82, 2.24) is 20.2 Å². The summed E-state index contributed by atoms with van der Waals surface area (Å²) in [5.41, 5.74) is 1.61. The summed E-state index contributed by atoms with van der Waals surface area (Å²) in [6.45, 7) is 1.75. The van der Waals surface area contributed by atoms with Gasteiger partial charge >= 0.3 is 0 Å². The lowest BCUT2D eigenvalue weighted by Crippen LogP contribution is -2.14. The molecular weight excluding hydrogens is 340 g/mol. The van der Waals surface area contributed by atoms with E-state index in [2.05, 4.69) is 20.2 Å². The van der Waals surface area contributed by atoms with Crippen molar-refractivity contribution in [3.8, 4) is 5.69 Å². The minimum absolute atomic E-state index is 0.244. The number of hydrogen-bond acceptors (Lipinski definition) is 5. The largest absolute Gasteiger partial charge is 0.280 e. The molecule has 0 spiro atoms. The third kappa shape index (κ3) is 3.23. The highest BCUT2D eigenvalue weighted by molar-refractivity contribution is 7.92. The van der Waals surface area contributed by atoms with Gasteiger partial charge in [-0.3, -0.25) is 4.72 Å². The number of rotatable bonds is 4. The summed E-state index contributed by atoms with van der Waals surface area (Å²) in [7, 11) is -4.12. The Hall–Kier alpha value is -2.88. The lowest BCUT2D eigenvalue weighted by Gasteiger charge is -2.11. The minimum atomic E-state index is -4.12. The second-order valence-corrected chi connectivity index (χ2v) is 6.65. The molecule has 0 amide bonds. The van der Waals surface area contributed by atoms with E-state index in [1.807, 2.05) is 0 Å². The molecule has 0 radical (unpaired) electrons. The van der Waals surface area contributed by atoms with Gasteiger partial charge in [-0.2, -0.15) is 0 Å². The van der Waals surface area contributed by atoms with Crippen LogP contribution in [0.4, 0.5) is 14.5 Å². The van der Waals surface area contributed by atoms with Crippen molar-refractivity contribution < 1.29 is 17.2 Å². The molecule has 1 aromatic heterocycles. The Kier molecular flexibility index (Phi) is 3.97. The van der Waals surface area contributed by atoms with Crippen LogP contribution in [0.25, 0.3) is 5.69 Å². The molecule has 124 valence electrons. The van der Waals surface area contributed by atoms with E-state index in [0.717, 1.165) is 12.1 Å². The molecule has 0 aliphatic heterocycles. The van der Waals surface area contributed by atoms with Gasteiger partial charge in [-0.05, 0) is 53.2 Å². The lowest BCUT2D eigenvalue weighted by atomic mass is 10.2. The van der Waals surface area contributed by atoms with Gasteiger partial charge in [0.1, 0.15) is 18.0 Å². The van der Waals surface area contributed by atoms with Crippen molar-refractivity contribution in [3.63, 3.8) is 0 Å². The minimum Gasteiger partial charge on any atom is -0.280 e. The fraction of sp³-hybridized carbons (Fsp3) is 0.0714. The number of sulfonamides is 1. The van der Waals surface area contributed by atoms with Gasteiger partial charge in [0.05, 0.1) is 10.6 Å². The van der Waals surface area contributed by atoms with Crippen LogP contribution in [-0.4, -0.2) is 28.6 Å². The van der Waals surface area contributed by atoms with E-state index in [0.29, 0.717) is 17.3 Å². The van der Waals surface area contributed by atoms with Crippen LogP contribution in [0, 0.1) is 18.6 Å². The predicted octanol–water partition coefficient (Wildman–Crippen LogP) is 2.05. The van der Waals surface area contributed by atoms with Gasteiger partial charge < -0.3 is 0 Å². The van der Waals surface area contributed by atoms with Gasteiger partial charge in [0.15, 0.2) is 0 Å². The molecule has 0 unspecified atom stereocenters. The first-order valence-corrected chi connectivity index (χ1v) is 8.16. The number of aromatic nitrogens is 4. The SMILES string of the molecule is Cc1cc(NS(=O)(=O)c2cc(F)cc(F)c2)ccc1-n1cnnn1. The second-order valence-electron chi connectivity index (χ2n) is 4.97. The van der Waals surface area contributed by atoms with E-state index in [9.17, 15) is 17.2 Å². The zero-order valence-electron chi connectivity index (χ0n) is 12.3. The standard InChI is InChI=1S/C14H11F2N5O2S/c1-9-4-12(2-3-14(9)21-8-17-19-20-21)18-24(22,23)13-6-10(15)5-11(16)7-13/h2-8,18H,1H3. The van der Waals surface area contributed by atoms with Crippen LogP contribution in [-0.2, 0) is 10.0 Å². The number of tetrazole rings is 1. The topological polar surface area (TPSA) is 89.8 Å². The number of benzene rings is 2. The maximum absolute atomic E-state index is 13.2. The van der Waals surface area contributed by atoms with Crippen LogP contribution >= 0.6 is 0 Å². The normalized spacial score (nSPS) is 11.5. The summed E-state index contributed by atoms with van der Waals surface area (Å²) in [4.78, 5) is -0.498. The van der Waals surface area contributed by atoms with Crippen LogP contribution in [0.3, 0.4) is 0 Å². The summed E-state index contributed by atoms with van der Waals surface area (Å²) >= 11 is 0. The second kappa shape index (κ2) is 5.96. The van der Waals surface area contributed by atoms with Crippen LogP contribution in [0.2, 0.25) is 0 Å². The maximum atomic E-state index is 13.2. The van der Waals surface area contributed by atoms with E-state index in [4.69, 9.17) is 0 Å². The highest BCUT2D eigenvalue weighted by atomic mass is 32.2. The molecule has 1 heterocycles. The summed E-state index contributed by atoms with van der Waals surface area (Å²) in [5.74, 6) is -1.94. The van der Waals surface area contributed by atoms with E-state index in [1.165, 1.54) is 17.1 Å². The van der Waals surface area contributed by atoms with Gasteiger partial charge in [0, 0.05) is 11.8 Å². The first kappa shape index (κ1) is 16.0. The Labute approximate surface area is 136 Å². The summed E-state index contributed by atoms with van der Waals surface area (Å²) in [6.07, 6.45) is 1.40. The highest BCUT2D eigenvalue weighted by Crippen LogP contribution is 2.22. The quantitative estimate of drug-likeness (QED) is 0.777. The van der Waals surface area contributed by atoms with Gasteiger partial charge in [0.25, 0.3) is 10.0 Å². The number of anilines is 1. The fourth-order valence-corrected chi connectivity index (χ4v) is 3.24. The smallest absolute Gasteiger partial charge is 0.262 e. The molecule has 0 aliphatic carbocycles. The summed E-state index contributed by atoms with van der Waals surface area (Å²) in [6, 6.07) is 6.77. The fourth-order valence-electron chi connectivity index (χ4n) is 2.15. The van der Waals surface area contributed by atoms with E-state index >= 15 is 0 Å². The van der Waals surface area contributed by atoms with E-state index in [-0.39, 0.29) is 5.69 Å². The number of nitrogens with one attached hydrogen (secondary N) is 1. The first-order chi connectivity index (χ1) is 11.3. The van der Waals surface area contributed by atoms with Gasteiger partial charge in [-0.25, -0.2) is 21.9 Å². The van der Waals surface area contributed by atoms with E-state index in [1.54, 1.807) is 19.1 Å². The number of nitrogens with zero attached hydrogens (tertiary/aromatic N) is 4. The van der Waals surface area contributed by atoms with Crippen molar-refractivity contribution in [1.29, 1.82) is 0 Å². The highest BCUT2D eigenvalue weighted by Gasteiger charge is 2.17. The third-order valence-electron chi connectivity index (χ3n) is 3.19.